The first-order valence-electron chi connectivity index (χ1n) is 5.85. The minimum absolute atomic E-state index is 0.294. The van der Waals surface area contributed by atoms with Crippen molar-refractivity contribution in [2.75, 3.05) is 6.61 Å². The minimum atomic E-state index is 0.294. The van der Waals surface area contributed by atoms with Crippen LogP contribution in [0.4, 0.5) is 0 Å². The SMILES string of the molecule is C#CCOc1cccc2c1c1ccccc1n2C. The number of nitrogens with zero attached hydrogens (tertiary/aromatic N) is 1. The fourth-order valence-electron chi connectivity index (χ4n) is 2.42. The first-order chi connectivity index (χ1) is 8.83. The molecule has 2 heteroatoms. The Kier molecular flexibility index (Phi) is 2.46. The van der Waals surface area contributed by atoms with Crippen LogP contribution in [0.25, 0.3) is 21.8 Å². The molecular weight excluding hydrogens is 222 g/mol. The highest BCUT2D eigenvalue weighted by Gasteiger charge is 2.11. The van der Waals surface area contributed by atoms with Crippen LogP contribution in [0.15, 0.2) is 42.5 Å². The second kappa shape index (κ2) is 4.12. The number of para-hydroxylation sites is 1. The Bertz CT molecular complexity index is 762. The Morgan fingerprint density at radius 1 is 1.11 bits per heavy atom. The zero-order valence-electron chi connectivity index (χ0n) is 10.2. The van der Waals surface area contributed by atoms with Gasteiger partial charge in [-0.25, -0.2) is 0 Å². The highest BCUT2D eigenvalue weighted by Crippen LogP contribution is 2.34. The summed E-state index contributed by atoms with van der Waals surface area (Å²) in [6.45, 7) is 0.294. The minimum Gasteiger partial charge on any atom is -0.480 e. The highest BCUT2D eigenvalue weighted by atomic mass is 16.5. The Hall–Kier alpha value is -2.40. The molecule has 88 valence electrons. The molecule has 0 radical (unpaired) electrons. The van der Waals surface area contributed by atoms with Crippen molar-refractivity contribution < 1.29 is 4.74 Å². The van der Waals surface area contributed by atoms with Crippen LogP contribution in [0, 0.1) is 12.3 Å². The normalized spacial score (nSPS) is 10.7. The zero-order chi connectivity index (χ0) is 12.5. The molecule has 2 nitrogen and oxygen atoms in total. The van der Waals surface area contributed by atoms with Crippen LogP contribution in [-0.2, 0) is 7.05 Å². The van der Waals surface area contributed by atoms with Gasteiger partial charge < -0.3 is 9.30 Å². The van der Waals surface area contributed by atoms with Gasteiger partial charge in [0.1, 0.15) is 12.4 Å². The summed E-state index contributed by atoms with van der Waals surface area (Å²) in [6, 6.07) is 14.4. The van der Waals surface area contributed by atoms with E-state index in [1.54, 1.807) is 0 Å². The monoisotopic (exact) mass is 235 g/mol. The van der Waals surface area contributed by atoms with Crippen LogP contribution in [-0.4, -0.2) is 11.2 Å². The second-order valence-electron chi connectivity index (χ2n) is 4.22. The van der Waals surface area contributed by atoms with E-state index in [9.17, 15) is 0 Å². The summed E-state index contributed by atoms with van der Waals surface area (Å²) < 4.78 is 7.81. The fourth-order valence-corrected chi connectivity index (χ4v) is 2.42. The van der Waals surface area contributed by atoms with Gasteiger partial charge in [-0.05, 0) is 18.2 Å². The first kappa shape index (κ1) is 10.7. The smallest absolute Gasteiger partial charge is 0.148 e. The number of ether oxygens (including phenoxy) is 1. The Labute approximate surface area is 106 Å². The Balaban J connectivity index is 2.39. The van der Waals surface area contributed by atoms with Crippen LogP contribution in [0.3, 0.4) is 0 Å². The predicted octanol–water partition coefficient (Wildman–Crippen LogP) is 3.34. The predicted molar refractivity (Wildman–Crippen MR) is 74.8 cm³/mol. The maximum absolute atomic E-state index is 5.64. The summed E-state index contributed by atoms with van der Waals surface area (Å²) >= 11 is 0. The molecule has 0 aliphatic rings. The maximum Gasteiger partial charge on any atom is 0.148 e. The third-order valence-corrected chi connectivity index (χ3v) is 3.21. The molecule has 0 spiro atoms. The van der Waals surface area contributed by atoms with Crippen LogP contribution >= 0.6 is 0 Å². The second-order valence-corrected chi connectivity index (χ2v) is 4.22. The van der Waals surface area contributed by atoms with Gasteiger partial charge in [-0.1, -0.05) is 30.2 Å². The van der Waals surface area contributed by atoms with Crippen LogP contribution in [0.5, 0.6) is 5.75 Å². The van der Waals surface area contributed by atoms with Crippen molar-refractivity contribution in [1.29, 1.82) is 0 Å². The van der Waals surface area contributed by atoms with E-state index in [1.165, 1.54) is 10.9 Å². The molecule has 1 heterocycles. The van der Waals surface area contributed by atoms with Crippen molar-refractivity contribution in [3.05, 3.63) is 42.5 Å². The van der Waals surface area contributed by atoms with Gasteiger partial charge in [0.05, 0.1) is 5.52 Å². The summed E-state index contributed by atoms with van der Waals surface area (Å²) in [5.41, 5.74) is 2.36. The standard InChI is InChI=1S/C16H13NO/c1-3-11-18-15-10-6-9-14-16(15)12-7-4-5-8-13(12)17(14)2/h1,4-10H,11H2,2H3. The van der Waals surface area contributed by atoms with Crippen molar-refractivity contribution in [3.63, 3.8) is 0 Å². The average Bonchev–Trinajstić information content (AvgIpc) is 2.71. The molecule has 3 rings (SSSR count). The van der Waals surface area contributed by atoms with E-state index in [-0.39, 0.29) is 0 Å². The summed E-state index contributed by atoms with van der Waals surface area (Å²) in [6.07, 6.45) is 5.26. The molecule has 18 heavy (non-hydrogen) atoms. The molecule has 2 aromatic carbocycles. The number of aryl methyl sites for hydroxylation is 1. The topological polar surface area (TPSA) is 14.2 Å². The van der Waals surface area contributed by atoms with Crippen LogP contribution in [0.2, 0.25) is 0 Å². The van der Waals surface area contributed by atoms with E-state index >= 15 is 0 Å². The summed E-state index contributed by atoms with van der Waals surface area (Å²) in [5, 5.41) is 2.33. The molecule has 0 bridgehead atoms. The number of hydrogen-bond acceptors (Lipinski definition) is 1. The molecule has 0 saturated heterocycles. The van der Waals surface area contributed by atoms with Gasteiger partial charge in [0, 0.05) is 23.3 Å². The van der Waals surface area contributed by atoms with Crippen molar-refractivity contribution in [2.24, 2.45) is 7.05 Å². The summed E-state index contributed by atoms with van der Waals surface area (Å²) in [4.78, 5) is 0. The van der Waals surface area contributed by atoms with E-state index < -0.39 is 0 Å². The van der Waals surface area contributed by atoms with Crippen molar-refractivity contribution in [1.82, 2.24) is 4.57 Å². The maximum atomic E-state index is 5.64. The molecule has 0 aliphatic carbocycles. The van der Waals surface area contributed by atoms with E-state index in [2.05, 4.69) is 35.7 Å². The van der Waals surface area contributed by atoms with E-state index in [4.69, 9.17) is 11.2 Å². The molecule has 1 aromatic heterocycles. The van der Waals surface area contributed by atoms with Gasteiger partial charge in [0.2, 0.25) is 0 Å². The molecule has 0 saturated carbocycles. The van der Waals surface area contributed by atoms with E-state index in [1.807, 2.05) is 24.3 Å². The molecule has 0 amide bonds. The van der Waals surface area contributed by atoms with Gasteiger partial charge in [-0.2, -0.15) is 0 Å². The number of benzene rings is 2. The molecule has 0 N–H and O–H groups in total. The quantitative estimate of drug-likeness (QED) is 0.621. The number of hydrogen-bond donors (Lipinski definition) is 0. The number of terminal acetylenes is 1. The van der Waals surface area contributed by atoms with Gasteiger partial charge >= 0.3 is 0 Å². The van der Waals surface area contributed by atoms with Gasteiger partial charge in [0.25, 0.3) is 0 Å². The lowest BCUT2D eigenvalue weighted by Crippen LogP contribution is -1.94. The summed E-state index contributed by atoms with van der Waals surface area (Å²) in [7, 11) is 2.07. The third kappa shape index (κ3) is 1.45. The van der Waals surface area contributed by atoms with Gasteiger partial charge in [-0.3, -0.25) is 0 Å². The first-order valence-corrected chi connectivity index (χ1v) is 5.85. The number of aromatic nitrogens is 1. The lowest BCUT2D eigenvalue weighted by atomic mass is 10.1. The lowest BCUT2D eigenvalue weighted by Gasteiger charge is -2.04. The summed E-state index contributed by atoms with van der Waals surface area (Å²) in [5.74, 6) is 3.36. The van der Waals surface area contributed by atoms with E-state index in [0.29, 0.717) is 6.61 Å². The van der Waals surface area contributed by atoms with Gasteiger partial charge in [-0.15, -0.1) is 6.42 Å². The third-order valence-electron chi connectivity index (χ3n) is 3.21. The number of rotatable bonds is 2. The van der Waals surface area contributed by atoms with Crippen molar-refractivity contribution >= 4 is 21.8 Å². The largest absolute Gasteiger partial charge is 0.480 e. The zero-order valence-corrected chi connectivity index (χ0v) is 10.2. The average molecular weight is 235 g/mol. The van der Waals surface area contributed by atoms with Crippen LogP contribution < -0.4 is 4.74 Å². The van der Waals surface area contributed by atoms with Crippen molar-refractivity contribution in [3.8, 4) is 18.1 Å². The van der Waals surface area contributed by atoms with E-state index in [0.717, 1.165) is 16.7 Å². The molecule has 0 atom stereocenters. The molecule has 3 aromatic rings. The Morgan fingerprint density at radius 3 is 2.72 bits per heavy atom. The highest BCUT2D eigenvalue weighted by molar-refractivity contribution is 6.11. The molecular formula is C16H13NO. The number of fused-ring (bicyclic) bond motifs is 3. The van der Waals surface area contributed by atoms with Gasteiger partial charge in [0.15, 0.2) is 0 Å². The fraction of sp³-hybridized carbons (Fsp3) is 0.125. The Morgan fingerprint density at radius 2 is 1.89 bits per heavy atom. The molecule has 0 unspecified atom stereocenters. The molecule has 0 fully saturated rings. The van der Waals surface area contributed by atoms with Crippen LogP contribution in [0.1, 0.15) is 0 Å². The van der Waals surface area contributed by atoms with Crippen molar-refractivity contribution in [2.45, 2.75) is 0 Å². The lowest BCUT2D eigenvalue weighted by molar-refractivity contribution is 0.375. The molecule has 0 aliphatic heterocycles.